The fourth-order valence-electron chi connectivity index (χ4n) is 1.46. The van der Waals surface area contributed by atoms with E-state index in [1.54, 1.807) is 13.0 Å². The molecular formula is C12H9BrFNO3. The molecule has 1 aromatic heterocycles. The molecule has 0 aliphatic carbocycles. The Bertz CT molecular complexity index is 582. The van der Waals surface area contributed by atoms with Crippen LogP contribution in [-0.2, 0) is 4.74 Å². The zero-order valence-electron chi connectivity index (χ0n) is 9.44. The van der Waals surface area contributed by atoms with E-state index in [0.717, 1.165) is 6.39 Å². The van der Waals surface area contributed by atoms with Crippen molar-refractivity contribution < 1.29 is 18.3 Å². The Morgan fingerprint density at radius 2 is 2.33 bits per heavy atom. The minimum Gasteiger partial charge on any atom is -0.461 e. The summed E-state index contributed by atoms with van der Waals surface area (Å²) in [5.74, 6) is -0.865. The molecule has 0 saturated heterocycles. The Kier molecular flexibility index (Phi) is 3.76. The van der Waals surface area contributed by atoms with Gasteiger partial charge in [0.15, 0.2) is 17.8 Å². The molecule has 4 nitrogen and oxygen atoms in total. The van der Waals surface area contributed by atoms with Crippen LogP contribution >= 0.6 is 15.9 Å². The maximum absolute atomic E-state index is 13.4. The number of carbonyl (C=O) groups is 1. The van der Waals surface area contributed by atoms with Crippen LogP contribution in [0, 0.1) is 5.82 Å². The van der Waals surface area contributed by atoms with Crippen molar-refractivity contribution in [3.8, 4) is 11.3 Å². The summed E-state index contributed by atoms with van der Waals surface area (Å²) in [6, 6.07) is 4.44. The van der Waals surface area contributed by atoms with Crippen LogP contribution in [-0.4, -0.2) is 17.6 Å². The number of hydrogen-bond acceptors (Lipinski definition) is 4. The maximum atomic E-state index is 13.4. The van der Waals surface area contributed by atoms with E-state index >= 15 is 0 Å². The number of carbonyl (C=O) groups excluding carboxylic acids is 1. The first-order valence-corrected chi connectivity index (χ1v) is 5.99. The Balaban J connectivity index is 2.49. The van der Waals surface area contributed by atoms with Gasteiger partial charge in [0.1, 0.15) is 5.82 Å². The van der Waals surface area contributed by atoms with Gasteiger partial charge in [-0.05, 0) is 35.0 Å². The van der Waals surface area contributed by atoms with E-state index in [-0.39, 0.29) is 22.5 Å². The van der Waals surface area contributed by atoms with Crippen molar-refractivity contribution in [3.05, 3.63) is 40.6 Å². The number of aromatic nitrogens is 1. The molecule has 0 fully saturated rings. The Labute approximate surface area is 111 Å². The Morgan fingerprint density at radius 1 is 1.56 bits per heavy atom. The third-order valence-electron chi connectivity index (χ3n) is 2.23. The van der Waals surface area contributed by atoms with Crippen LogP contribution in [0.5, 0.6) is 0 Å². The fraction of sp³-hybridized carbons (Fsp3) is 0.167. The third kappa shape index (κ3) is 2.28. The second-order valence-corrected chi connectivity index (χ2v) is 4.14. The zero-order chi connectivity index (χ0) is 13.1. The van der Waals surface area contributed by atoms with Gasteiger partial charge >= 0.3 is 5.97 Å². The van der Waals surface area contributed by atoms with Crippen LogP contribution < -0.4 is 0 Å². The Morgan fingerprint density at radius 3 is 3.06 bits per heavy atom. The summed E-state index contributed by atoms with van der Waals surface area (Å²) in [7, 11) is 0. The molecule has 94 valence electrons. The summed E-state index contributed by atoms with van der Waals surface area (Å²) in [5.41, 5.74) is 0.443. The van der Waals surface area contributed by atoms with Crippen LogP contribution in [0.1, 0.15) is 17.4 Å². The lowest BCUT2D eigenvalue weighted by molar-refractivity contribution is 0.0520. The number of halogens is 2. The molecule has 0 amide bonds. The summed E-state index contributed by atoms with van der Waals surface area (Å²) in [6.45, 7) is 1.92. The van der Waals surface area contributed by atoms with Gasteiger partial charge in [-0.1, -0.05) is 6.07 Å². The fourth-order valence-corrected chi connectivity index (χ4v) is 1.91. The molecule has 2 aromatic rings. The normalized spacial score (nSPS) is 10.4. The van der Waals surface area contributed by atoms with Crippen LogP contribution in [0.15, 0.2) is 33.5 Å². The van der Waals surface area contributed by atoms with Crippen molar-refractivity contribution in [1.82, 2.24) is 4.98 Å². The number of rotatable bonds is 3. The van der Waals surface area contributed by atoms with Crippen LogP contribution in [0.2, 0.25) is 0 Å². The summed E-state index contributed by atoms with van der Waals surface area (Å²) in [6.07, 6.45) is 1.12. The molecule has 0 aliphatic rings. The molecule has 18 heavy (non-hydrogen) atoms. The minimum atomic E-state index is -0.600. The third-order valence-corrected chi connectivity index (χ3v) is 3.04. The average molecular weight is 314 g/mol. The van der Waals surface area contributed by atoms with E-state index in [9.17, 15) is 9.18 Å². The molecule has 6 heteroatoms. The summed E-state index contributed by atoms with van der Waals surface area (Å²) >= 11 is 3.11. The largest absolute Gasteiger partial charge is 0.461 e. The van der Waals surface area contributed by atoms with Crippen molar-refractivity contribution in [3.63, 3.8) is 0 Å². The number of nitrogens with zero attached hydrogens (tertiary/aromatic N) is 1. The molecule has 0 bridgehead atoms. The first kappa shape index (κ1) is 12.8. The van der Waals surface area contributed by atoms with E-state index in [1.165, 1.54) is 12.1 Å². The highest BCUT2D eigenvalue weighted by Gasteiger charge is 2.21. The molecule has 0 N–H and O–H groups in total. The van der Waals surface area contributed by atoms with Gasteiger partial charge in [-0.25, -0.2) is 14.2 Å². The quantitative estimate of drug-likeness (QED) is 0.815. The second-order valence-electron chi connectivity index (χ2n) is 3.35. The molecule has 0 saturated carbocycles. The topological polar surface area (TPSA) is 52.3 Å². The molecule has 1 heterocycles. The number of ether oxygens (including phenoxy) is 1. The summed E-state index contributed by atoms with van der Waals surface area (Å²) in [5, 5.41) is 0. The first-order valence-electron chi connectivity index (χ1n) is 5.20. The van der Waals surface area contributed by atoms with Crippen molar-refractivity contribution in [2.24, 2.45) is 0 Å². The zero-order valence-corrected chi connectivity index (χ0v) is 11.0. The molecule has 0 aliphatic heterocycles. The SMILES string of the molecule is CCOC(=O)c1ncoc1-c1cccc(F)c1Br. The van der Waals surface area contributed by atoms with Crippen LogP contribution in [0.3, 0.4) is 0 Å². The van der Waals surface area contributed by atoms with E-state index in [0.29, 0.717) is 5.56 Å². The highest BCUT2D eigenvalue weighted by Crippen LogP contribution is 2.32. The van der Waals surface area contributed by atoms with Crippen molar-refractivity contribution >= 4 is 21.9 Å². The number of benzene rings is 1. The molecule has 2 rings (SSSR count). The van der Waals surface area contributed by atoms with Gasteiger partial charge < -0.3 is 9.15 Å². The lowest BCUT2D eigenvalue weighted by Gasteiger charge is -2.04. The lowest BCUT2D eigenvalue weighted by atomic mass is 10.1. The minimum absolute atomic E-state index is 0.0307. The van der Waals surface area contributed by atoms with Gasteiger partial charge in [-0.15, -0.1) is 0 Å². The monoisotopic (exact) mass is 313 g/mol. The number of hydrogen-bond donors (Lipinski definition) is 0. The van der Waals surface area contributed by atoms with E-state index in [4.69, 9.17) is 9.15 Å². The van der Waals surface area contributed by atoms with Gasteiger partial charge in [0.05, 0.1) is 11.1 Å². The number of oxazole rings is 1. The smallest absolute Gasteiger partial charge is 0.360 e. The number of esters is 1. The summed E-state index contributed by atoms with van der Waals surface area (Å²) in [4.78, 5) is 15.4. The van der Waals surface area contributed by atoms with Crippen molar-refractivity contribution in [1.29, 1.82) is 0 Å². The van der Waals surface area contributed by atoms with Gasteiger partial charge in [0, 0.05) is 5.56 Å². The van der Waals surface area contributed by atoms with Gasteiger partial charge in [-0.2, -0.15) is 0 Å². The Hall–Kier alpha value is -1.69. The van der Waals surface area contributed by atoms with Gasteiger partial charge in [0.25, 0.3) is 0 Å². The van der Waals surface area contributed by atoms with Gasteiger partial charge in [0.2, 0.25) is 0 Å². The predicted molar refractivity (Wildman–Crippen MR) is 65.6 cm³/mol. The summed E-state index contributed by atoms with van der Waals surface area (Å²) < 4.78 is 23.6. The maximum Gasteiger partial charge on any atom is 0.360 e. The molecule has 1 aromatic carbocycles. The molecule has 0 radical (unpaired) electrons. The standard InChI is InChI=1S/C12H9BrFNO3/c1-2-17-12(16)10-11(18-6-15-10)7-4-3-5-8(14)9(7)13/h3-6H,2H2,1H3. The van der Waals surface area contributed by atoms with Crippen LogP contribution in [0.4, 0.5) is 4.39 Å². The van der Waals surface area contributed by atoms with E-state index < -0.39 is 11.8 Å². The van der Waals surface area contributed by atoms with Gasteiger partial charge in [-0.3, -0.25) is 0 Å². The highest BCUT2D eigenvalue weighted by molar-refractivity contribution is 9.10. The van der Waals surface area contributed by atoms with E-state index in [2.05, 4.69) is 20.9 Å². The van der Waals surface area contributed by atoms with Crippen LogP contribution in [0.25, 0.3) is 11.3 Å². The lowest BCUT2D eigenvalue weighted by Crippen LogP contribution is -2.06. The van der Waals surface area contributed by atoms with E-state index in [1.807, 2.05) is 0 Å². The van der Waals surface area contributed by atoms with Crippen molar-refractivity contribution in [2.75, 3.05) is 6.61 Å². The molecule has 0 unspecified atom stereocenters. The second kappa shape index (κ2) is 5.30. The van der Waals surface area contributed by atoms with Crippen molar-refractivity contribution in [2.45, 2.75) is 6.92 Å². The molecular weight excluding hydrogens is 305 g/mol. The first-order chi connectivity index (χ1) is 8.65. The average Bonchev–Trinajstić information content (AvgIpc) is 2.82. The molecule has 0 spiro atoms. The molecule has 0 atom stereocenters. The highest BCUT2D eigenvalue weighted by atomic mass is 79.9. The predicted octanol–water partition coefficient (Wildman–Crippen LogP) is 3.42.